The SMILES string of the molecule is CC1(C)c2cc3ccccc3cc2N(c2ccc3c(c2)c2cc(-c4ccc5c(c4)c4ccccc4n5-c4ccccc4)ccc2n3-c2ccccc2)c2cc3c(cc21)c1c2c4ccccc4c4ccccc4c2ccc1n3-c1ccccc1. The smallest absolute Gasteiger partial charge is 0.0562 e. The number of hydrogen-bond acceptors (Lipinski definition) is 1. The molecule has 0 spiro atoms. The minimum absolute atomic E-state index is 0.378. The quantitative estimate of drug-likeness (QED) is 0.157. The number of hydrogen-bond donors (Lipinski definition) is 0. The summed E-state index contributed by atoms with van der Waals surface area (Å²) in [5.74, 6) is 0. The van der Waals surface area contributed by atoms with Crippen LogP contribution in [0.3, 0.4) is 0 Å². The van der Waals surface area contributed by atoms with E-state index in [0.717, 1.165) is 28.3 Å². The van der Waals surface area contributed by atoms with E-state index in [4.69, 9.17) is 0 Å². The lowest BCUT2D eigenvalue weighted by molar-refractivity contribution is 0.634. The Kier molecular flexibility index (Phi) is 9.54. The zero-order valence-electron chi connectivity index (χ0n) is 45.8. The van der Waals surface area contributed by atoms with Gasteiger partial charge in [0.15, 0.2) is 0 Å². The number of fused-ring (bicyclic) bond motifs is 19. The van der Waals surface area contributed by atoms with Gasteiger partial charge < -0.3 is 18.6 Å². The number of anilines is 3. The fraction of sp³-hybridized carbons (Fsp3) is 0.0380. The van der Waals surface area contributed by atoms with E-state index in [2.05, 4.69) is 312 Å². The van der Waals surface area contributed by atoms with Gasteiger partial charge >= 0.3 is 0 Å². The lowest BCUT2D eigenvalue weighted by Gasteiger charge is -2.42. The summed E-state index contributed by atoms with van der Waals surface area (Å²) in [5.41, 5.74) is 18.6. The van der Waals surface area contributed by atoms with Crippen LogP contribution in [0.5, 0.6) is 0 Å². The summed E-state index contributed by atoms with van der Waals surface area (Å²) >= 11 is 0. The second kappa shape index (κ2) is 17.2. The normalized spacial score (nSPS) is 13.3. The van der Waals surface area contributed by atoms with Crippen molar-refractivity contribution < 1.29 is 0 Å². The predicted octanol–water partition coefficient (Wildman–Crippen LogP) is 21.4. The van der Waals surface area contributed by atoms with E-state index in [1.807, 2.05) is 0 Å². The molecule has 3 aromatic heterocycles. The molecule has 1 aliphatic rings. The third-order valence-electron chi connectivity index (χ3n) is 18.5. The van der Waals surface area contributed by atoms with E-state index < -0.39 is 0 Å². The van der Waals surface area contributed by atoms with E-state index >= 15 is 0 Å². The molecule has 83 heavy (non-hydrogen) atoms. The molecular weight excluding hydrogens is 1000 g/mol. The van der Waals surface area contributed by atoms with Gasteiger partial charge in [0.25, 0.3) is 0 Å². The highest BCUT2D eigenvalue weighted by Crippen LogP contribution is 2.56. The fourth-order valence-corrected chi connectivity index (χ4v) is 14.7. The molecule has 0 atom stereocenters. The van der Waals surface area contributed by atoms with Crippen LogP contribution < -0.4 is 4.90 Å². The van der Waals surface area contributed by atoms with Gasteiger partial charge in [-0.1, -0.05) is 178 Å². The first kappa shape index (κ1) is 46.1. The highest BCUT2D eigenvalue weighted by molar-refractivity contribution is 6.35. The van der Waals surface area contributed by atoms with E-state index in [-0.39, 0.29) is 5.41 Å². The summed E-state index contributed by atoms with van der Waals surface area (Å²) < 4.78 is 7.36. The molecule has 0 saturated heterocycles. The molecule has 0 unspecified atom stereocenters. The van der Waals surface area contributed by atoms with Crippen molar-refractivity contribution >= 4 is 126 Å². The Labute approximate surface area is 479 Å². The molecule has 4 heterocycles. The highest BCUT2D eigenvalue weighted by Gasteiger charge is 2.39. The van der Waals surface area contributed by atoms with Gasteiger partial charge in [0, 0.05) is 65.9 Å². The van der Waals surface area contributed by atoms with Crippen LogP contribution in [0.15, 0.2) is 279 Å². The van der Waals surface area contributed by atoms with Crippen LogP contribution >= 0.6 is 0 Å². The molecule has 0 amide bonds. The van der Waals surface area contributed by atoms with Crippen molar-refractivity contribution in [3.8, 4) is 28.2 Å². The average molecular weight is 1060 g/mol. The summed E-state index contributed by atoms with van der Waals surface area (Å²) in [5, 5.41) is 17.6. The van der Waals surface area contributed by atoms with Gasteiger partial charge in [-0.05, 0) is 175 Å². The Balaban J connectivity index is 0.915. The Morgan fingerprint density at radius 2 is 0.663 bits per heavy atom. The van der Waals surface area contributed by atoms with E-state index in [1.54, 1.807) is 0 Å². The van der Waals surface area contributed by atoms with Gasteiger partial charge in [-0.15, -0.1) is 0 Å². The molecule has 388 valence electrons. The zero-order valence-corrected chi connectivity index (χ0v) is 45.8. The summed E-state index contributed by atoms with van der Waals surface area (Å²) in [7, 11) is 0. The first-order chi connectivity index (χ1) is 40.9. The number of para-hydroxylation sites is 4. The molecular formula is C79H52N4. The fourth-order valence-electron chi connectivity index (χ4n) is 14.7. The second-order valence-electron chi connectivity index (χ2n) is 23.2. The molecule has 14 aromatic carbocycles. The average Bonchev–Trinajstić information content (AvgIpc) is 2.71. The van der Waals surface area contributed by atoms with Crippen LogP contribution in [0.4, 0.5) is 17.1 Å². The van der Waals surface area contributed by atoms with E-state index in [9.17, 15) is 0 Å². The van der Waals surface area contributed by atoms with Gasteiger partial charge in [0.05, 0.1) is 44.5 Å². The predicted molar refractivity (Wildman–Crippen MR) is 352 cm³/mol. The summed E-state index contributed by atoms with van der Waals surface area (Å²) in [6.07, 6.45) is 0. The molecule has 1 aliphatic heterocycles. The van der Waals surface area contributed by atoms with Crippen molar-refractivity contribution in [2.24, 2.45) is 0 Å². The summed E-state index contributed by atoms with van der Waals surface area (Å²) in [4.78, 5) is 2.58. The molecule has 0 fully saturated rings. The van der Waals surface area contributed by atoms with Crippen molar-refractivity contribution in [1.29, 1.82) is 0 Å². The van der Waals surface area contributed by atoms with Crippen LogP contribution in [0.2, 0.25) is 0 Å². The van der Waals surface area contributed by atoms with Gasteiger partial charge in [-0.2, -0.15) is 0 Å². The van der Waals surface area contributed by atoms with Gasteiger partial charge in [0.2, 0.25) is 0 Å². The first-order valence-corrected chi connectivity index (χ1v) is 28.9. The van der Waals surface area contributed by atoms with Crippen molar-refractivity contribution in [2.75, 3.05) is 4.90 Å². The Morgan fingerprint density at radius 1 is 0.241 bits per heavy atom. The molecule has 0 N–H and O–H groups in total. The second-order valence-corrected chi connectivity index (χ2v) is 23.2. The van der Waals surface area contributed by atoms with Gasteiger partial charge in [-0.25, -0.2) is 0 Å². The van der Waals surface area contributed by atoms with Gasteiger partial charge in [0.1, 0.15) is 0 Å². The number of benzene rings is 14. The maximum atomic E-state index is 2.58. The van der Waals surface area contributed by atoms with Crippen molar-refractivity contribution in [2.45, 2.75) is 19.3 Å². The maximum absolute atomic E-state index is 2.58. The molecule has 18 rings (SSSR count). The lowest BCUT2D eigenvalue weighted by Crippen LogP contribution is -2.30. The third kappa shape index (κ3) is 6.52. The maximum Gasteiger partial charge on any atom is 0.0562 e. The van der Waals surface area contributed by atoms with E-state index in [0.29, 0.717) is 0 Å². The monoisotopic (exact) mass is 1060 g/mol. The van der Waals surface area contributed by atoms with Gasteiger partial charge in [-0.3, -0.25) is 0 Å². The molecule has 4 heteroatoms. The van der Waals surface area contributed by atoms with E-state index in [1.165, 1.54) is 137 Å². The van der Waals surface area contributed by atoms with Crippen LogP contribution in [-0.4, -0.2) is 13.7 Å². The largest absolute Gasteiger partial charge is 0.310 e. The number of aromatic nitrogens is 3. The highest BCUT2D eigenvalue weighted by atomic mass is 15.2. The zero-order chi connectivity index (χ0) is 54.7. The number of rotatable bonds is 5. The standard InChI is InChI=1S/C79H52N4/c1-79(2)67-44-49-20-12-13-21-50(49)45-75(67)83(76-48-74-66(47-68(76)79)78-73(82(74)55-26-10-5-11-27-55)41-37-62-59-30-15-14-28-57(59)58-29-16-17-32-61(58)77(62)78)56-36-40-72-65(46-56)64-43-52(35-39-71(64)81(72)54-24-8-4-9-25-54)51-34-38-70-63(42-51)60-31-18-19-33-69(60)80(70)53-22-6-3-7-23-53/h3-48H,1-2H3. The van der Waals surface area contributed by atoms with Crippen molar-refractivity contribution in [3.05, 3.63) is 290 Å². The molecule has 4 nitrogen and oxygen atoms in total. The molecule has 17 aromatic rings. The van der Waals surface area contributed by atoms with Crippen LogP contribution in [0, 0.1) is 0 Å². The molecule has 0 radical (unpaired) electrons. The minimum Gasteiger partial charge on any atom is -0.310 e. The number of nitrogens with zero attached hydrogens (tertiary/aromatic N) is 4. The summed E-state index contributed by atoms with van der Waals surface area (Å²) in [6, 6.07) is 104. The Morgan fingerprint density at radius 3 is 1.28 bits per heavy atom. The van der Waals surface area contributed by atoms with Crippen LogP contribution in [0.25, 0.3) is 137 Å². The molecule has 0 saturated carbocycles. The topological polar surface area (TPSA) is 18.0 Å². The molecule has 0 bridgehead atoms. The summed E-state index contributed by atoms with van der Waals surface area (Å²) in [6.45, 7) is 4.88. The van der Waals surface area contributed by atoms with Crippen LogP contribution in [-0.2, 0) is 5.41 Å². The van der Waals surface area contributed by atoms with Crippen molar-refractivity contribution in [1.82, 2.24) is 13.7 Å². The van der Waals surface area contributed by atoms with Crippen molar-refractivity contribution in [3.63, 3.8) is 0 Å². The lowest BCUT2D eigenvalue weighted by atomic mass is 9.72. The van der Waals surface area contributed by atoms with Crippen LogP contribution in [0.1, 0.15) is 25.0 Å². The minimum atomic E-state index is -0.378. The first-order valence-electron chi connectivity index (χ1n) is 28.9. The Hall–Kier alpha value is -10.7. The molecule has 0 aliphatic carbocycles. The Bertz CT molecular complexity index is 5550. The third-order valence-corrected chi connectivity index (χ3v) is 18.5.